The van der Waals surface area contributed by atoms with E-state index < -0.39 is 0 Å². The Morgan fingerprint density at radius 3 is 2.08 bits per heavy atom. The van der Waals surface area contributed by atoms with Crippen molar-refractivity contribution in [2.75, 3.05) is 7.11 Å². The van der Waals surface area contributed by atoms with E-state index in [0.29, 0.717) is 11.8 Å². The number of rotatable bonds is 1. The summed E-state index contributed by atoms with van der Waals surface area (Å²) in [4.78, 5) is 11.3. The minimum Gasteiger partial charge on any atom is -0.469 e. The lowest BCUT2D eigenvalue weighted by molar-refractivity contribution is -0.142. The SMILES string of the molecule is COC(=O)C1C2CCCCCCC21. The summed E-state index contributed by atoms with van der Waals surface area (Å²) in [5.41, 5.74) is 0. The number of hydrogen-bond donors (Lipinski definition) is 0. The second-order valence-electron chi connectivity index (χ2n) is 4.37. The number of methoxy groups -OCH3 is 1. The van der Waals surface area contributed by atoms with Crippen LogP contribution in [0.4, 0.5) is 0 Å². The van der Waals surface area contributed by atoms with Crippen molar-refractivity contribution in [1.29, 1.82) is 0 Å². The first kappa shape index (κ1) is 9.04. The highest BCUT2D eigenvalue weighted by molar-refractivity contribution is 5.76. The lowest BCUT2D eigenvalue weighted by Gasteiger charge is -2.04. The van der Waals surface area contributed by atoms with Crippen molar-refractivity contribution >= 4 is 5.97 Å². The van der Waals surface area contributed by atoms with Gasteiger partial charge in [0.05, 0.1) is 13.0 Å². The summed E-state index contributed by atoms with van der Waals surface area (Å²) in [6, 6.07) is 0. The third-order valence-corrected chi connectivity index (χ3v) is 3.63. The summed E-state index contributed by atoms with van der Waals surface area (Å²) in [6.45, 7) is 0. The van der Waals surface area contributed by atoms with Gasteiger partial charge in [0, 0.05) is 0 Å². The van der Waals surface area contributed by atoms with Crippen LogP contribution < -0.4 is 0 Å². The van der Waals surface area contributed by atoms with Gasteiger partial charge in [0.15, 0.2) is 0 Å². The second kappa shape index (κ2) is 3.69. The number of ether oxygens (including phenoxy) is 1. The molecule has 0 saturated heterocycles. The van der Waals surface area contributed by atoms with Crippen LogP contribution in [0, 0.1) is 17.8 Å². The molecule has 74 valence electrons. The van der Waals surface area contributed by atoms with Crippen molar-refractivity contribution in [3.05, 3.63) is 0 Å². The van der Waals surface area contributed by atoms with Crippen LogP contribution >= 0.6 is 0 Å². The first-order valence-corrected chi connectivity index (χ1v) is 5.42. The van der Waals surface area contributed by atoms with Gasteiger partial charge in [-0.3, -0.25) is 4.79 Å². The van der Waals surface area contributed by atoms with Gasteiger partial charge in [-0.1, -0.05) is 25.7 Å². The Labute approximate surface area is 79.7 Å². The van der Waals surface area contributed by atoms with Crippen molar-refractivity contribution < 1.29 is 9.53 Å². The molecule has 2 heteroatoms. The molecule has 13 heavy (non-hydrogen) atoms. The molecule has 2 nitrogen and oxygen atoms in total. The highest BCUT2D eigenvalue weighted by atomic mass is 16.5. The van der Waals surface area contributed by atoms with Gasteiger partial charge < -0.3 is 4.74 Å². The average Bonchev–Trinajstić information content (AvgIpc) is 2.75. The molecule has 0 aromatic rings. The quantitative estimate of drug-likeness (QED) is 0.582. The topological polar surface area (TPSA) is 26.3 Å². The predicted molar refractivity (Wildman–Crippen MR) is 50.2 cm³/mol. The Morgan fingerprint density at radius 2 is 1.62 bits per heavy atom. The highest BCUT2D eigenvalue weighted by Gasteiger charge is 2.54. The minimum atomic E-state index is 0.0388. The lowest BCUT2D eigenvalue weighted by Crippen LogP contribution is -2.05. The predicted octanol–water partition coefficient (Wildman–Crippen LogP) is 2.38. The molecular formula is C11H18O2. The van der Waals surface area contributed by atoms with Crippen molar-refractivity contribution in [1.82, 2.24) is 0 Å². The van der Waals surface area contributed by atoms with Crippen LogP contribution in [-0.2, 0) is 9.53 Å². The van der Waals surface area contributed by atoms with Crippen molar-refractivity contribution in [3.8, 4) is 0 Å². The van der Waals surface area contributed by atoms with Crippen LogP contribution in [0.1, 0.15) is 38.5 Å². The van der Waals surface area contributed by atoms with Gasteiger partial charge in [0.2, 0.25) is 0 Å². The Morgan fingerprint density at radius 1 is 1.08 bits per heavy atom. The highest BCUT2D eigenvalue weighted by Crippen LogP contribution is 2.53. The summed E-state index contributed by atoms with van der Waals surface area (Å²) in [7, 11) is 1.51. The summed E-state index contributed by atoms with van der Waals surface area (Å²) < 4.78 is 4.81. The van der Waals surface area contributed by atoms with E-state index in [1.54, 1.807) is 0 Å². The Kier molecular flexibility index (Phi) is 2.56. The maximum absolute atomic E-state index is 11.3. The van der Waals surface area contributed by atoms with E-state index in [4.69, 9.17) is 4.74 Å². The van der Waals surface area contributed by atoms with Crippen LogP contribution in [0.25, 0.3) is 0 Å². The molecule has 2 saturated carbocycles. The average molecular weight is 182 g/mol. The molecule has 0 heterocycles. The minimum absolute atomic E-state index is 0.0388. The molecule has 0 N–H and O–H groups in total. The van der Waals surface area contributed by atoms with E-state index in [1.807, 2.05) is 0 Å². The molecule has 0 aliphatic heterocycles. The molecular weight excluding hydrogens is 164 g/mol. The van der Waals surface area contributed by atoms with Crippen molar-refractivity contribution in [2.24, 2.45) is 17.8 Å². The maximum atomic E-state index is 11.3. The third-order valence-electron chi connectivity index (χ3n) is 3.63. The van der Waals surface area contributed by atoms with Crippen molar-refractivity contribution in [2.45, 2.75) is 38.5 Å². The smallest absolute Gasteiger partial charge is 0.309 e. The lowest BCUT2D eigenvalue weighted by atomic mass is 10.0. The normalized spacial score (nSPS) is 38.4. The Balaban J connectivity index is 1.91. The van der Waals surface area contributed by atoms with Gasteiger partial charge in [-0.05, 0) is 24.7 Å². The number of carbonyl (C=O) groups excluding carboxylic acids is 1. The Hall–Kier alpha value is -0.530. The zero-order valence-corrected chi connectivity index (χ0v) is 8.29. The molecule has 2 unspecified atom stereocenters. The van der Waals surface area contributed by atoms with Gasteiger partial charge >= 0.3 is 5.97 Å². The van der Waals surface area contributed by atoms with E-state index in [9.17, 15) is 4.79 Å². The molecule has 0 spiro atoms. The molecule has 2 atom stereocenters. The summed E-state index contributed by atoms with van der Waals surface area (Å²) in [5, 5.41) is 0. The van der Waals surface area contributed by atoms with Crippen LogP contribution in [-0.4, -0.2) is 13.1 Å². The summed E-state index contributed by atoms with van der Waals surface area (Å²) in [6.07, 6.45) is 7.85. The molecule has 0 aromatic heterocycles. The van der Waals surface area contributed by atoms with Crippen LogP contribution in [0.2, 0.25) is 0 Å². The standard InChI is InChI=1S/C11H18O2/c1-13-11(12)10-8-6-4-2-3-5-7-9(8)10/h8-10H,2-7H2,1H3. The fraction of sp³-hybridized carbons (Fsp3) is 0.909. The largest absolute Gasteiger partial charge is 0.469 e. The van der Waals surface area contributed by atoms with E-state index in [-0.39, 0.29) is 11.9 Å². The zero-order valence-electron chi connectivity index (χ0n) is 8.29. The van der Waals surface area contributed by atoms with Crippen LogP contribution in [0.15, 0.2) is 0 Å². The number of carbonyl (C=O) groups is 1. The van der Waals surface area contributed by atoms with E-state index in [2.05, 4.69) is 0 Å². The molecule has 0 aromatic carbocycles. The summed E-state index contributed by atoms with van der Waals surface area (Å²) >= 11 is 0. The van der Waals surface area contributed by atoms with Crippen molar-refractivity contribution in [3.63, 3.8) is 0 Å². The molecule has 0 bridgehead atoms. The fourth-order valence-electron chi connectivity index (χ4n) is 2.83. The molecule has 0 radical (unpaired) electrons. The Bertz CT molecular complexity index is 186. The fourth-order valence-corrected chi connectivity index (χ4v) is 2.83. The van der Waals surface area contributed by atoms with E-state index in [1.165, 1.54) is 45.6 Å². The number of esters is 1. The molecule has 2 aliphatic rings. The third kappa shape index (κ3) is 1.72. The summed E-state index contributed by atoms with van der Waals surface area (Å²) in [5.74, 6) is 1.65. The molecule has 2 fully saturated rings. The van der Waals surface area contributed by atoms with Crippen LogP contribution in [0.5, 0.6) is 0 Å². The van der Waals surface area contributed by atoms with Gasteiger partial charge in [0.25, 0.3) is 0 Å². The first-order valence-electron chi connectivity index (χ1n) is 5.42. The molecule has 2 rings (SSSR count). The van der Waals surface area contributed by atoms with Gasteiger partial charge in [-0.25, -0.2) is 0 Å². The van der Waals surface area contributed by atoms with Crippen LogP contribution in [0.3, 0.4) is 0 Å². The van der Waals surface area contributed by atoms with Gasteiger partial charge in [0.1, 0.15) is 0 Å². The zero-order chi connectivity index (χ0) is 9.26. The molecule has 0 amide bonds. The first-order chi connectivity index (χ1) is 6.34. The van der Waals surface area contributed by atoms with Gasteiger partial charge in [-0.2, -0.15) is 0 Å². The molecule has 2 aliphatic carbocycles. The maximum Gasteiger partial charge on any atom is 0.309 e. The second-order valence-corrected chi connectivity index (χ2v) is 4.37. The van der Waals surface area contributed by atoms with E-state index >= 15 is 0 Å². The number of fused-ring (bicyclic) bond motifs is 1. The monoisotopic (exact) mass is 182 g/mol. The van der Waals surface area contributed by atoms with Gasteiger partial charge in [-0.15, -0.1) is 0 Å². The number of hydrogen-bond acceptors (Lipinski definition) is 2. The van der Waals surface area contributed by atoms with E-state index in [0.717, 1.165) is 0 Å².